The number of hydrogen-bond donors (Lipinski definition) is 2. The van der Waals surface area contributed by atoms with Gasteiger partial charge in [0, 0.05) is 33.1 Å². The number of carboxylic acid groups (broad SMARTS) is 1. The monoisotopic (exact) mass is 526 g/mol. The minimum Gasteiger partial charge on any atom is -0.465 e. The standard InChI is InChI=1S/C25H24Cl2N6O3/c1-14-18(13-32(24(35)36)25(2,3)4)20(17-11-10-15(26)12-19(17)27)33-23(28-14)30-21(31-33)22(34)29-16-8-6-5-7-9-16/h5-12H,13H2,1-4H3,(H,29,34)(H,35,36). The Kier molecular flexibility index (Phi) is 6.88. The summed E-state index contributed by atoms with van der Waals surface area (Å²) in [5, 5.41) is 17.9. The summed E-state index contributed by atoms with van der Waals surface area (Å²) in [6.07, 6.45) is -1.09. The van der Waals surface area contributed by atoms with Gasteiger partial charge in [0.1, 0.15) is 0 Å². The Morgan fingerprint density at radius 1 is 1.08 bits per heavy atom. The first kappa shape index (κ1) is 25.4. The number of carbonyl (C=O) groups excluding carboxylic acids is 1. The molecule has 4 aromatic rings. The van der Waals surface area contributed by atoms with Crippen LogP contribution in [0.5, 0.6) is 0 Å². The maximum atomic E-state index is 12.9. The van der Waals surface area contributed by atoms with Gasteiger partial charge in [-0.05, 0) is 58.0 Å². The summed E-state index contributed by atoms with van der Waals surface area (Å²) >= 11 is 12.7. The van der Waals surface area contributed by atoms with Crippen LogP contribution < -0.4 is 5.32 Å². The highest BCUT2D eigenvalue weighted by molar-refractivity contribution is 6.36. The second-order valence-electron chi connectivity index (χ2n) is 9.16. The zero-order chi connectivity index (χ0) is 26.2. The molecule has 0 radical (unpaired) electrons. The van der Waals surface area contributed by atoms with Crippen LogP contribution in [0.15, 0.2) is 48.5 Å². The lowest BCUT2D eigenvalue weighted by Crippen LogP contribution is -2.44. The summed E-state index contributed by atoms with van der Waals surface area (Å²) in [6.45, 7) is 7.17. The molecule has 0 aliphatic heterocycles. The molecule has 0 saturated heterocycles. The van der Waals surface area contributed by atoms with E-state index in [2.05, 4.69) is 20.4 Å². The van der Waals surface area contributed by atoms with Gasteiger partial charge in [-0.1, -0.05) is 41.4 Å². The summed E-state index contributed by atoms with van der Waals surface area (Å²) in [7, 11) is 0. The van der Waals surface area contributed by atoms with Gasteiger partial charge in [0.25, 0.3) is 11.7 Å². The maximum absolute atomic E-state index is 12.9. The van der Waals surface area contributed by atoms with Crippen molar-refractivity contribution in [2.75, 3.05) is 5.32 Å². The van der Waals surface area contributed by atoms with E-state index in [1.807, 2.05) is 6.07 Å². The number of anilines is 1. The van der Waals surface area contributed by atoms with Gasteiger partial charge < -0.3 is 10.4 Å². The van der Waals surface area contributed by atoms with E-state index in [-0.39, 0.29) is 18.1 Å². The maximum Gasteiger partial charge on any atom is 0.408 e. The van der Waals surface area contributed by atoms with E-state index in [0.717, 1.165) is 0 Å². The minimum atomic E-state index is -1.09. The topological polar surface area (TPSA) is 113 Å². The number of hydrogen-bond acceptors (Lipinski definition) is 5. The number of benzene rings is 2. The third-order valence-electron chi connectivity index (χ3n) is 5.57. The zero-order valence-electron chi connectivity index (χ0n) is 20.1. The molecule has 2 heterocycles. The van der Waals surface area contributed by atoms with Crippen molar-refractivity contribution in [2.45, 2.75) is 39.8 Å². The molecular weight excluding hydrogens is 503 g/mol. The van der Waals surface area contributed by atoms with E-state index < -0.39 is 17.5 Å². The first-order chi connectivity index (χ1) is 17.0. The molecule has 0 saturated carbocycles. The highest BCUT2D eigenvalue weighted by Gasteiger charge is 2.30. The number of nitrogens with zero attached hydrogens (tertiary/aromatic N) is 5. The molecule has 0 unspecified atom stereocenters. The molecule has 0 aliphatic carbocycles. The highest BCUT2D eigenvalue weighted by atomic mass is 35.5. The Morgan fingerprint density at radius 2 is 1.78 bits per heavy atom. The molecule has 4 rings (SSSR count). The summed E-state index contributed by atoms with van der Waals surface area (Å²) < 4.78 is 1.42. The van der Waals surface area contributed by atoms with Gasteiger partial charge in [-0.15, -0.1) is 5.10 Å². The van der Waals surface area contributed by atoms with Crippen LogP contribution in [0.1, 0.15) is 42.6 Å². The van der Waals surface area contributed by atoms with E-state index in [1.54, 1.807) is 70.2 Å². The van der Waals surface area contributed by atoms with Crippen LogP contribution in [0.4, 0.5) is 10.5 Å². The fourth-order valence-electron chi connectivity index (χ4n) is 3.74. The van der Waals surface area contributed by atoms with Crippen molar-refractivity contribution in [3.05, 3.63) is 75.7 Å². The number of rotatable bonds is 5. The molecule has 36 heavy (non-hydrogen) atoms. The van der Waals surface area contributed by atoms with E-state index in [0.29, 0.717) is 38.2 Å². The van der Waals surface area contributed by atoms with Crippen LogP contribution >= 0.6 is 23.2 Å². The molecule has 0 bridgehead atoms. The fraction of sp³-hybridized carbons (Fsp3) is 0.240. The van der Waals surface area contributed by atoms with Crippen LogP contribution in [0, 0.1) is 6.92 Å². The molecule has 186 valence electrons. The molecule has 11 heteroatoms. The van der Waals surface area contributed by atoms with Gasteiger partial charge in [0.2, 0.25) is 5.82 Å². The quantitative estimate of drug-likeness (QED) is 0.332. The third kappa shape index (κ3) is 5.12. The lowest BCUT2D eigenvalue weighted by Gasteiger charge is -2.34. The lowest BCUT2D eigenvalue weighted by molar-refractivity contribution is 0.0953. The normalized spacial score (nSPS) is 11.5. The van der Waals surface area contributed by atoms with Crippen molar-refractivity contribution in [3.8, 4) is 11.3 Å². The smallest absolute Gasteiger partial charge is 0.408 e. The van der Waals surface area contributed by atoms with E-state index in [4.69, 9.17) is 23.2 Å². The fourth-order valence-corrected chi connectivity index (χ4v) is 4.24. The van der Waals surface area contributed by atoms with Crippen molar-refractivity contribution >= 4 is 46.7 Å². The summed E-state index contributed by atoms with van der Waals surface area (Å²) in [5.74, 6) is -0.436. The molecule has 0 aliphatic rings. The van der Waals surface area contributed by atoms with Gasteiger partial charge in [0.05, 0.1) is 17.3 Å². The molecule has 0 atom stereocenters. The van der Waals surface area contributed by atoms with Crippen LogP contribution in [0.25, 0.3) is 17.0 Å². The molecule has 0 fully saturated rings. The molecule has 2 aromatic carbocycles. The van der Waals surface area contributed by atoms with Crippen molar-refractivity contribution in [3.63, 3.8) is 0 Å². The summed E-state index contributed by atoms with van der Waals surface area (Å²) in [5.41, 5.74) is 2.02. The Morgan fingerprint density at radius 3 is 2.39 bits per heavy atom. The summed E-state index contributed by atoms with van der Waals surface area (Å²) in [6, 6.07) is 13.9. The Balaban J connectivity index is 1.92. The zero-order valence-corrected chi connectivity index (χ0v) is 21.6. The molecule has 2 aromatic heterocycles. The van der Waals surface area contributed by atoms with Crippen molar-refractivity contribution < 1.29 is 14.7 Å². The SMILES string of the molecule is Cc1nc2nc(C(=O)Nc3ccccc3)nn2c(-c2ccc(Cl)cc2Cl)c1CN(C(=O)O)C(C)(C)C. The predicted octanol–water partition coefficient (Wildman–Crippen LogP) is 5.94. The van der Waals surface area contributed by atoms with Crippen LogP contribution in [-0.2, 0) is 6.54 Å². The molecule has 2 N–H and O–H groups in total. The number of carbonyl (C=O) groups is 2. The van der Waals surface area contributed by atoms with Crippen molar-refractivity contribution in [2.24, 2.45) is 0 Å². The average Bonchev–Trinajstić information content (AvgIpc) is 3.21. The van der Waals surface area contributed by atoms with Crippen molar-refractivity contribution in [1.29, 1.82) is 0 Å². The molecule has 0 spiro atoms. The number of amides is 2. The van der Waals surface area contributed by atoms with Crippen molar-refractivity contribution in [1.82, 2.24) is 24.5 Å². The van der Waals surface area contributed by atoms with Gasteiger partial charge in [-0.2, -0.15) is 9.50 Å². The second-order valence-corrected chi connectivity index (χ2v) is 10.00. The number of nitrogens with one attached hydrogen (secondary N) is 1. The molecule has 9 nitrogen and oxygen atoms in total. The van der Waals surface area contributed by atoms with Gasteiger partial charge in [-0.3, -0.25) is 9.69 Å². The number of aromatic nitrogens is 4. The molecular formula is C25H24Cl2N6O3. The van der Waals surface area contributed by atoms with Gasteiger partial charge >= 0.3 is 6.09 Å². The largest absolute Gasteiger partial charge is 0.465 e. The first-order valence-electron chi connectivity index (χ1n) is 11.0. The minimum absolute atomic E-state index is 0.00724. The third-order valence-corrected chi connectivity index (χ3v) is 6.12. The van der Waals surface area contributed by atoms with E-state index in [1.165, 1.54) is 9.42 Å². The lowest BCUT2D eigenvalue weighted by atomic mass is 10.0. The predicted molar refractivity (Wildman–Crippen MR) is 139 cm³/mol. The number of aryl methyl sites for hydroxylation is 1. The van der Waals surface area contributed by atoms with E-state index >= 15 is 0 Å². The number of para-hydroxylation sites is 1. The van der Waals surface area contributed by atoms with E-state index in [9.17, 15) is 14.7 Å². The van der Waals surface area contributed by atoms with Crippen LogP contribution in [-0.4, -0.2) is 47.1 Å². The molecule has 2 amide bonds. The first-order valence-corrected chi connectivity index (χ1v) is 11.8. The number of fused-ring (bicyclic) bond motifs is 1. The number of halogens is 2. The Bertz CT molecular complexity index is 1460. The Hall–Kier alpha value is -3.69. The van der Waals surface area contributed by atoms with Gasteiger partial charge in [0.15, 0.2) is 0 Å². The van der Waals surface area contributed by atoms with Crippen LogP contribution in [0.3, 0.4) is 0 Å². The Labute approximate surface area is 217 Å². The second kappa shape index (κ2) is 9.75. The average molecular weight is 527 g/mol. The van der Waals surface area contributed by atoms with Crippen LogP contribution in [0.2, 0.25) is 10.0 Å². The highest BCUT2D eigenvalue weighted by Crippen LogP contribution is 2.35. The van der Waals surface area contributed by atoms with Gasteiger partial charge in [-0.25, -0.2) is 9.78 Å². The summed E-state index contributed by atoms with van der Waals surface area (Å²) in [4.78, 5) is 35.2.